The monoisotopic (exact) mass is 468 g/mol. The highest BCUT2D eigenvalue weighted by Gasteiger charge is 2.19. The highest BCUT2D eigenvalue weighted by Crippen LogP contribution is 2.24. The second kappa shape index (κ2) is 8.82. The standard InChI is InChI=1S/C25H21FN8O/c1-14-5-4-6-15-11-16(34(25(35)20(14)15)19-8-3-2-7-17(19)26)12-29-24-21(23(28)30-13-31-24)22(27)18-9-10-32-33-18/h2-11,13,27H,12H2,1H3,(H,32,33)(H3,28,29,30,31). The van der Waals surface area contributed by atoms with Gasteiger partial charge in [0.15, 0.2) is 0 Å². The summed E-state index contributed by atoms with van der Waals surface area (Å²) in [7, 11) is 0. The third-order valence-electron chi connectivity index (χ3n) is 5.76. The number of hydrogen-bond acceptors (Lipinski definition) is 7. The fourth-order valence-electron chi connectivity index (χ4n) is 4.10. The predicted molar refractivity (Wildman–Crippen MR) is 133 cm³/mol. The van der Waals surface area contributed by atoms with Crippen molar-refractivity contribution in [3.63, 3.8) is 0 Å². The molecular formula is C25H21FN8O. The average molecular weight is 468 g/mol. The quantitative estimate of drug-likeness (QED) is 0.281. The van der Waals surface area contributed by atoms with Crippen molar-refractivity contribution in [2.45, 2.75) is 13.5 Å². The van der Waals surface area contributed by atoms with E-state index in [9.17, 15) is 9.18 Å². The number of aromatic amines is 1. The molecule has 0 unspecified atom stereocenters. The Bertz CT molecular complexity index is 1630. The van der Waals surface area contributed by atoms with Crippen molar-refractivity contribution in [3.05, 3.63) is 106 Å². The fourth-order valence-corrected chi connectivity index (χ4v) is 4.10. The molecule has 5 N–H and O–H groups in total. The molecule has 0 aliphatic heterocycles. The highest BCUT2D eigenvalue weighted by molar-refractivity contribution is 6.15. The van der Waals surface area contributed by atoms with Crippen LogP contribution in [-0.2, 0) is 6.54 Å². The summed E-state index contributed by atoms with van der Waals surface area (Å²) in [6.45, 7) is 1.96. The van der Waals surface area contributed by atoms with Crippen LogP contribution in [0, 0.1) is 18.2 Å². The maximum atomic E-state index is 14.8. The Morgan fingerprint density at radius 2 is 2.00 bits per heavy atom. The molecule has 0 spiro atoms. The molecule has 0 aliphatic rings. The van der Waals surface area contributed by atoms with Crippen LogP contribution in [0.5, 0.6) is 0 Å². The number of pyridine rings is 1. The van der Waals surface area contributed by atoms with Crippen LogP contribution in [0.4, 0.5) is 16.0 Å². The number of para-hydroxylation sites is 1. The van der Waals surface area contributed by atoms with E-state index in [0.29, 0.717) is 22.6 Å². The van der Waals surface area contributed by atoms with Crippen LogP contribution in [0.25, 0.3) is 16.5 Å². The zero-order chi connectivity index (χ0) is 24.5. The topological polar surface area (TPSA) is 138 Å². The molecule has 10 heteroatoms. The highest BCUT2D eigenvalue weighted by atomic mass is 19.1. The lowest BCUT2D eigenvalue weighted by Gasteiger charge is -2.18. The number of aryl methyl sites for hydroxylation is 1. The average Bonchev–Trinajstić information content (AvgIpc) is 3.38. The molecule has 3 heterocycles. The van der Waals surface area contributed by atoms with Gasteiger partial charge in [0.05, 0.1) is 34.6 Å². The summed E-state index contributed by atoms with van der Waals surface area (Å²) in [6, 6.07) is 15.2. The van der Waals surface area contributed by atoms with Gasteiger partial charge in [-0.05, 0) is 42.1 Å². The van der Waals surface area contributed by atoms with Gasteiger partial charge < -0.3 is 11.1 Å². The third kappa shape index (κ3) is 3.90. The van der Waals surface area contributed by atoms with E-state index in [4.69, 9.17) is 11.1 Å². The first-order valence-corrected chi connectivity index (χ1v) is 10.8. The number of nitrogens with one attached hydrogen (secondary N) is 3. The van der Waals surface area contributed by atoms with Crippen LogP contribution in [0.2, 0.25) is 0 Å². The van der Waals surface area contributed by atoms with Gasteiger partial charge in [0.1, 0.15) is 23.8 Å². The SMILES string of the molecule is Cc1cccc2cc(CNc3ncnc(N)c3C(=N)c3ccn[nH]3)n(-c3ccccc3F)c(=O)c12. The Balaban J connectivity index is 1.63. The van der Waals surface area contributed by atoms with Gasteiger partial charge in [-0.25, -0.2) is 14.4 Å². The predicted octanol–water partition coefficient (Wildman–Crippen LogP) is 3.56. The van der Waals surface area contributed by atoms with E-state index in [-0.39, 0.29) is 34.9 Å². The number of hydrogen-bond donors (Lipinski definition) is 4. The minimum Gasteiger partial charge on any atom is -0.383 e. The molecule has 0 aliphatic carbocycles. The smallest absolute Gasteiger partial charge is 0.263 e. The Labute approximate surface area is 199 Å². The molecule has 174 valence electrons. The van der Waals surface area contributed by atoms with Crippen molar-refractivity contribution in [3.8, 4) is 5.69 Å². The maximum absolute atomic E-state index is 14.8. The molecule has 35 heavy (non-hydrogen) atoms. The molecule has 5 rings (SSSR count). The third-order valence-corrected chi connectivity index (χ3v) is 5.76. The zero-order valence-corrected chi connectivity index (χ0v) is 18.7. The Kier molecular flexibility index (Phi) is 5.54. The molecular weight excluding hydrogens is 447 g/mol. The molecule has 0 atom stereocenters. The lowest BCUT2D eigenvalue weighted by Crippen LogP contribution is -2.25. The lowest BCUT2D eigenvalue weighted by atomic mass is 10.1. The molecule has 0 bridgehead atoms. The van der Waals surface area contributed by atoms with E-state index in [1.54, 1.807) is 24.3 Å². The molecule has 0 saturated carbocycles. The van der Waals surface area contributed by atoms with Crippen molar-refractivity contribution in [1.82, 2.24) is 24.7 Å². The van der Waals surface area contributed by atoms with Crippen LogP contribution < -0.4 is 16.6 Å². The molecule has 2 aromatic carbocycles. The van der Waals surface area contributed by atoms with E-state index >= 15 is 0 Å². The minimum absolute atomic E-state index is 0.0590. The van der Waals surface area contributed by atoms with Crippen LogP contribution in [0.1, 0.15) is 22.5 Å². The normalized spacial score (nSPS) is 11.0. The second-order valence-corrected chi connectivity index (χ2v) is 7.95. The first-order chi connectivity index (χ1) is 17.0. The number of fused-ring (bicyclic) bond motifs is 1. The van der Waals surface area contributed by atoms with Crippen molar-refractivity contribution >= 4 is 28.1 Å². The number of nitrogens with zero attached hydrogens (tertiary/aromatic N) is 4. The van der Waals surface area contributed by atoms with Gasteiger partial charge in [-0.1, -0.05) is 30.3 Å². The van der Waals surface area contributed by atoms with Crippen molar-refractivity contribution in [2.24, 2.45) is 0 Å². The number of anilines is 2. The minimum atomic E-state index is -0.517. The van der Waals surface area contributed by atoms with Gasteiger partial charge in [-0.2, -0.15) is 5.10 Å². The zero-order valence-electron chi connectivity index (χ0n) is 18.7. The number of rotatable bonds is 6. The van der Waals surface area contributed by atoms with Gasteiger partial charge in [0, 0.05) is 11.9 Å². The van der Waals surface area contributed by atoms with E-state index < -0.39 is 5.82 Å². The Morgan fingerprint density at radius 1 is 1.17 bits per heavy atom. The van der Waals surface area contributed by atoms with Crippen LogP contribution in [-0.4, -0.2) is 30.4 Å². The Morgan fingerprint density at radius 3 is 2.77 bits per heavy atom. The van der Waals surface area contributed by atoms with Gasteiger partial charge in [0.2, 0.25) is 0 Å². The molecule has 0 amide bonds. The van der Waals surface area contributed by atoms with Gasteiger partial charge in [-0.3, -0.25) is 19.9 Å². The first-order valence-electron chi connectivity index (χ1n) is 10.8. The van der Waals surface area contributed by atoms with Gasteiger partial charge >= 0.3 is 0 Å². The summed E-state index contributed by atoms with van der Waals surface area (Å²) in [6.07, 6.45) is 2.82. The van der Waals surface area contributed by atoms with E-state index in [2.05, 4.69) is 25.5 Å². The summed E-state index contributed by atoms with van der Waals surface area (Å²) in [5, 5.41) is 19.6. The van der Waals surface area contributed by atoms with Crippen LogP contribution >= 0.6 is 0 Å². The fraction of sp³-hybridized carbons (Fsp3) is 0.0800. The van der Waals surface area contributed by atoms with E-state index in [1.165, 1.54) is 23.2 Å². The first kappa shape index (κ1) is 22.0. The van der Waals surface area contributed by atoms with Gasteiger partial charge in [0.25, 0.3) is 5.56 Å². The number of nitrogen functional groups attached to an aromatic ring is 1. The van der Waals surface area contributed by atoms with E-state index in [1.807, 2.05) is 31.2 Å². The van der Waals surface area contributed by atoms with Crippen molar-refractivity contribution in [1.29, 1.82) is 5.41 Å². The summed E-state index contributed by atoms with van der Waals surface area (Å²) in [5.41, 5.74) is 8.00. The number of aromatic nitrogens is 5. The number of H-pyrrole nitrogens is 1. The molecule has 0 saturated heterocycles. The maximum Gasteiger partial charge on any atom is 0.263 e. The van der Waals surface area contributed by atoms with Crippen molar-refractivity contribution in [2.75, 3.05) is 11.1 Å². The number of benzene rings is 2. The van der Waals surface area contributed by atoms with E-state index in [0.717, 1.165) is 10.9 Å². The molecule has 0 fully saturated rings. The van der Waals surface area contributed by atoms with Gasteiger partial charge in [-0.15, -0.1) is 0 Å². The molecule has 5 aromatic rings. The largest absolute Gasteiger partial charge is 0.383 e. The summed E-state index contributed by atoms with van der Waals surface area (Å²) in [4.78, 5) is 21.9. The van der Waals surface area contributed by atoms with Crippen LogP contribution in [0.15, 0.2) is 71.9 Å². The molecule has 3 aromatic heterocycles. The summed E-state index contributed by atoms with van der Waals surface area (Å²) < 4.78 is 16.2. The van der Waals surface area contributed by atoms with Crippen LogP contribution in [0.3, 0.4) is 0 Å². The molecule has 0 radical (unpaired) electrons. The summed E-state index contributed by atoms with van der Waals surface area (Å²) in [5.74, 6) is -0.103. The summed E-state index contributed by atoms with van der Waals surface area (Å²) >= 11 is 0. The number of nitrogens with two attached hydrogens (primary N) is 1. The molecule has 9 nitrogen and oxygen atoms in total. The van der Waals surface area contributed by atoms with Crippen molar-refractivity contribution < 1.29 is 4.39 Å². The lowest BCUT2D eigenvalue weighted by molar-refractivity contribution is 0.614. The second-order valence-electron chi connectivity index (χ2n) is 7.95. The number of halogens is 1. The Hall–Kier alpha value is -4.86.